The van der Waals surface area contributed by atoms with Gasteiger partial charge in [-0.2, -0.15) is 0 Å². The first-order chi connectivity index (χ1) is 9.65. The molecule has 0 aromatic heterocycles. The molecule has 106 valence electrons. The highest BCUT2D eigenvalue weighted by molar-refractivity contribution is 5.75. The number of aliphatic carboxylic acids is 1. The van der Waals surface area contributed by atoms with Gasteiger partial charge in [0.1, 0.15) is 6.61 Å². The van der Waals surface area contributed by atoms with E-state index in [1.165, 1.54) is 0 Å². The molecule has 2 aliphatic rings. The standard InChI is InChI=1S/C15H17NO4/c17-14(18)12-6-11-7-13(12)16(8-11)15(19)20-9-10-4-2-1-3-5-10/h1-5,11-13H,6-9H2,(H,17,18). The highest BCUT2D eigenvalue weighted by Crippen LogP contribution is 2.42. The van der Waals surface area contributed by atoms with Crippen molar-refractivity contribution in [3.05, 3.63) is 35.9 Å². The number of carboxylic acids is 1. The van der Waals surface area contributed by atoms with Gasteiger partial charge in [-0.1, -0.05) is 30.3 Å². The van der Waals surface area contributed by atoms with Crippen molar-refractivity contribution in [3.63, 3.8) is 0 Å². The SMILES string of the molecule is O=C(O)C1CC2CC1N(C(=O)OCc1ccccc1)C2. The zero-order valence-corrected chi connectivity index (χ0v) is 11.1. The molecule has 1 aromatic rings. The Hall–Kier alpha value is -2.04. The van der Waals surface area contributed by atoms with Gasteiger partial charge in [-0.15, -0.1) is 0 Å². The van der Waals surface area contributed by atoms with Crippen LogP contribution < -0.4 is 0 Å². The van der Waals surface area contributed by atoms with Crippen molar-refractivity contribution in [1.82, 2.24) is 4.90 Å². The molecule has 3 unspecified atom stereocenters. The van der Waals surface area contributed by atoms with Gasteiger partial charge in [-0.05, 0) is 24.3 Å². The van der Waals surface area contributed by atoms with Crippen molar-refractivity contribution < 1.29 is 19.4 Å². The van der Waals surface area contributed by atoms with Crippen LogP contribution in [0.1, 0.15) is 18.4 Å². The van der Waals surface area contributed by atoms with E-state index in [2.05, 4.69) is 0 Å². The van der Waals surface area contributed by atoms with Crippen molar-refractivity contribution in [2.24, 2.45) is 11.8 Å². The van der Waals surface area contributed by atoms with E-state index in [1.54, 1.807) is 4.90 Å². The number of amides is 1. The van der Waals surface area contributed by atoms with E-state index in [0.29, 0.717) is 18.9 Å². The highest BCUT2D eigenvalue weighted by atomic mass is 16.6. The topological polar surface area (TPSA) is 66.8 Å². The van der Waals surface area contributed by atoms with Crippen LogP contribution in [0.3, 0.4) is 0 Å². The van der Waals surface area contributed by atoms with Gasteiger partial charge in [-0.3, -0.25) is 4.79 Å². The number of carbonyl (C=O) groups is 2. The summed E-state index contributed by atoms with van der Waals surface area (Å²) < 4.78 is 5.29. The zero-order valence-electron chi connectivity index (χ0n) is 11.1. The van der Waals surface area contributed by atoms with Crippen LogP contribution >= 0.6 is 0 Å². The number of rotatable bonds is 3. The Balaban J connectivity index is 1.60. The molecule has 1 amide bonds. The molecule has 1 aliphatic carbocycles. The number of fused-ring (bicyclic) bond motifs is 2. The second kappa shape index (κ2) is 5.15. The van der Waals surface area contributed by atoms with Crippen molar-refractivity contribution in [2.45, 2.75) is 25.5 Å². The van der Waals surface area contributed by atoms with Gasteiger partial charge >= 0.3 is 12.1 Å². The first kappa shape index (κ1) is 13.0. The van der Waals surface area contributed by atoms with Crippen molar-refractivity contribution in [2.75, 3.05) is 6.54 Å². The zero-order chi connectivity index (χ0) is 14.1. The minimum absolute atomic E-state index is 0.194. The van der Waals surface area contributed by atoms with Crippen LogP contribution in [0, 0.1) is 11.8 Å². The molecule has 3 atom stereocenters. The Morgan fingerprint density at radius 3 is 2.65 bits per heavy atom. The highest BCUT2D eigenvalue weighted by Gasteiger charge is 2.50. The van der Waals surface area contributed by atoms with Crippen LogP contribution in [0.2, 0.25) is 0 Å². The molecule has 1 saturated carbocycles. The molecule has 3 rings (SSSR count). The monoisotopic (exact) mass is 275 g/mol. The summed E-state index contributed by atoms with van der Waals surface area (Å²) in [5.41, 5.74) is 0.931. The van der Waals surface area contributed by atoms with Crippen LogP contribution in [-0.2, 0) is 16.1 Å². The normalized spacial score (nSPS) is 27.6. The molecule has 2 fully saturated rings. The predicted octanol–water partition coefficient (Wildman–Crippen LogP) is 2.12. The van der Waals surface area contributed by atoms with Crippen LogP contribution in [0.4, 0.5) is 4.79 Å². The van der Waals surface area contributed by atoms with Gasteiger partial charge in [0.15, 0.2) is 0 Å². The molecule has 1 N–H and O–H groups in total. The fourth-order valence-electron chi connectivity index (χ4n) is 3.30. The Morgan fingerprint density at radius 1 is 1.25 bits per heavy atom. The van der Waals surface area contributed by atoms with Gasteiger partial charge in [0.05, 0.1) is 5.92 Å². The number of piperidine rings is 1. The summed E-state index contributed by atoms with van der Waals surface area (Å²) in [6, 6.07) is 9.28. The molecular formula is C15H17NO4. The molecule has 0 spiro atoms. The summed E-state index contributed by atoms with van der Waals surface area (Å²) in [4.78, 5) is 24.8. The average Bonchev–Trinajstić information content (AvgIpc) is 3.06. The maximum Gasteiger partial charge on any atom is 0.410 e. The molecule has 20 heavy (non-hydrogen) atoms. The van der Waals surface area contributed by atoms with Gasteiger partial charge in [0.25, 0.3) is 0 Å². The first-order valence-electron chi connectivity index (χ1n) is 6.85. The molecule has 0 radical (unpaired) electrons. The lowest BCUT2D eigenvalue weighted by molar-refractivity contribution is -0.143. The third-order valence-corrected chi connectivity index (χ3v) is 4.24. The summed E-state index contributed by atoms with van der Waals surface area (Å²) in [5.74, 6) is -0.929. The Kier molecular flexibility index (Phi) is 3.34. The second-order valence-electron chi connectivity index (χ2n) is 5.54. The van der Waals surface area contributed by atoms with Gasteiger partial charge in [-0.25, -0.2) is 4.79 Å². The van der Waals surface area contributed by atoms with E-state index in [0.717, 1.165) is 12.0 Å². The maximum absolute atomic E-state index is 12.1. The smallest absolute Gasteiger partial charge is 0.410 e. The van der Waals surface area contributed by atoms with Crippen molar-refractivity contribution in [3.8, 4) is 0 Å². The summed E-state index contributed by atoms with van der Waals surface area (Å²) in [6.07, 6.45) is 1.08. The fraction of sp³-hybridized carbons (Fsp3) is 0.467. The van der Waals surface area contributed by atoms with Crippen LogP contribution in [0.5, 0.6) is 0 Å². The van der Waals surface area contributed by atoms with Gasteiger partial charge < -0.3 is 14.7 Å². The molecule has 1 aromatic carbocycles. The number of ether oxygens (including phenoxy) is 1. The van der Waals surface area contributed by atoms with E-state index >= 15 is 0 Å². The summed E-state index contributed by atoms with van der Waals surface area (Å²) >= 11 is 0. The minimum Gasteiger partial charge on any atom is -0.481 e. The third-order valence-electron chi connectivity index (χ3n) is 4.24. The van der Waals surface area contributed by atoms with Crippen LogP contribution in [0.25, 0.3) is 0 Å². The van der Waals surface area contributed by atoms with E-state index in [1.807, 2.05) is 30.3 Å². The number of hydrogen-bond acceptors (Lipinski definition) is 3. The quantitative estimate of drug-likeness (QED) is 0.917. The molecule has 2 bridgehead atoms. The largest absolute Gasteiger partial charge is 0.481 e. The predicted molar refractivity (Wildman–Crippen MR) is 71.0 cm³/mol. The Bertz CT molecular complexity index is 516. The van der Waals surface area contributed by atoms with E-state index in [9.17, 15) is 9.59 Å². The third kappa shape index (κ3) is 2.35. The second-order valence-corrected chi connectivity index (χ2v) is 5.54. The van der Waals surface area contributed by atoms with Gasteiger partial charge in [0, 0.05) is 12.6 Å². The summed E-state index contributed by atoms with van der Waals surface area (Å²) in [7, 11) is 0. The maximum atomic E-state index is 12.1. The van der Waals surface area contributed by atoms with Crippen molar-refractivity contribution >= 4 is 12.1 Å². The molecular weight excluding hydrogens is 258 g/mol. The number of likely N-dealkylation sites (tertiary alicyclic amines) is 1. The minimum atomic E-state index is -0.807. The molecule has 1 aliphatic heterocycles. The molecule has 5 nitrogen and oxygen atoms in total. The van der Waals surface area contributed by atoms with E-state index in [4.69, 9.17) is 9.84 Å². The lowest BCUT2D eigenvalue weighted by Gasteiger charge is -2.30. The molecule has 5 heteroatoms. The summed E-state index contributed by atoms with van der Waals surface area (Å²) in [5, 5.41) is 9.16. The van der Waals surface area contributed by atoms with Crippen molar-refractivity contribution in [1.29, 1.82) is 0 Å². The first-order valence-corrected chi connectivity index (χ1v) is 6.85. The number of benzene rings is 1. The average molecular weight is 275 g/mol. The Morgan fingerprint density at radius 2 is 2.00 bits per heavy atom. The van der Waals surface area contributed by atoms with E-state index in [-0.39, 0.29) is 12.6 Å². The number of carbonyl (C=O) groups excluding carboxylic acids is 1. The summed E-state index contributed by atoms with van der Waals surface area (Å²) in [6.45, 7) is 0.855. The lowest BCUT2D eigenvalue weighted by Crippen LogP contribution is -2.44. The van der Waals surface area contributed by atoms with Crippen LogP contribution in [-0.4, -0.2) is 34.7 Å². The van der Waals surface area contributed by atoms with Crippen LogP contribution in [0.15, 0.2) is 30.3 Å². The molecule has 1 saturated heterocycles. The Labute approximate surface area is 117 Å². The van der Waals surface area contributed by atoms with E-state index < -0.39 is 18.0 Å². The fourth-order valence-corrected chi connectivity index (χ4v) is 3.30. The number of nitrogens with zero attached hydrogens (tertiary/aromatic N) is 1. The number of hydrogen-bond donors (Lipinski definition) is 1. The van der Waals surface area contributed by atoms with Gasteiger partial charge in [0.2, 0.25) is 0 Å². The number of carboxylic acid groups (broad SMARTS) is 1. The molecule has 1 heterocycles. The lowest BCUT2D eigenvalue weighted by atomic mass is 9.99.